The zero-order chi connectivity index (χ0) is 12.0. The highest BCUT2D eigenvalue weighted by molar-refractivity contribution is 7.81. The first-order valence-corrected chi connectivity index (χ1v) is 6.01. The summed E-state index contributed by atoms with van der Waals surface area (Å²) in [6, 6.07) is 0. The minimum Gasteiger partial charge on any atom is -0.341 e. The second kappa shape index (κ2) is 7.15. The summed E-state index contributed by atoms with van der Waals surface area (Å²) in [5.74, 6) is -2.66. The molecular formula is C7H14N2O3P2S. The van der Waals surface area contributed by atoms with Crippen molar-refractivity contribution in [2.45, 2.75) is 12.7 Å². The van der Waals surface area contributed by atoms with E-state index in [0.29, 0.717) is 0 Å². The van der Waals surface area contributed by atoms with Crippen LogP contribution in [-0.2, 0) is 14.4 Å². The number of thiol groups is 1. The summed E-state index contributed by atoms with van der Waals surface area (Å²) in [5, 5.41) is 4.68. The Balaban J connectivity index is 4.24. The van der Waals surface area contributed by atoms with Crippen molar-refractivity contribution in [2.75, 3.05) is 5.75 Å². The van der Waals surface area contributed by atoms with E-state index in [4.69, 9.17) is 0 Å². The van der Waals surface area contributed by atoms with Crippen molar-refractivity contribution < 1.29 is 14.4 Å². The third-order valence-electron chi connectivity index (χ3n) is 1.75. The molecule has 3 unspecified atom stereocenters. The standard InChI is InChI=1S/C7H14N2O3P2S/c1-3(4(10)2-15)5(11)8-7(13)6(12)9-14/h3,7,15H,2,13-14H2,1H3,(H,8,11)(H,9,12)/t3?,7-/m1/s1. The van der Waals surface area contributed by atoms with E-state index >= 15 is 0 Å². The Hall–Kier alpha value is -0.180. The van der Waals surface area contributed by atoms with Crippen LogP contribution in [0.2, 0.25) is 0 Å². The van der Waals surface area contributed by atoms with Crippen LogP contribution in [0.3, 0.4) is 0 Å². The van der Waals surface area contributed by atoms with Gasteiger partial charge in [-0.1, -0.05) is 0 Å². The predicted octanol–water partition coefficient (Wildman–Crippen LogP) is -0.655. The van der Waals surface area contributed by atoms with Gasteiger partial charge < -0.3 is 10.4 Å². The van der Waals surface area contributed by atoms with Crippen molar-refractivity contribution >= 4 is 48.9 Å². The third-order valence-corrected chi connectivity index (χ3v) is 2.82. The van der Waals surface area contributed by atoms with Gasteiger partial charge in [0.1, 0.15) is 5.78 Å². The predicted molar refractivity (Wildman–Crippen MR) is 67.5 cm³/mol. The van der Waals surface area contributed by atoms with Gasteiger partial charge in [0, 0.05) is 0 Å². The van der Waals surface area contributed by atoms with Crippen molar-refractivity contribution in [3.05, 3.63) is 0 Å². The molecule has 15 heavy (non-hydrogen) atoms. The van der Waals surface area contributed by atoms with Crippen LogP contribution < -0.4 is 10.4 Å². The van der Waals surface area contributed by atoms with Gasteiger partial charge in [-0.15, -0.1) is 9.24 Å². The average molecular weight is 268 g/mol. The second-order valence-electron chi connectivity index (χ2n) is 2.84. The van der Waals surface area contributed by atoms with Crippen LogP contribution >= 0.6 is 31.3 Å². The van der Waals surface area contributed by atoms with Crippen LogP contribution in [0.5, 0.6) is 0 Å². The minimum atomic E-state index is -0.789. The monoisotopic (exact) mass is 268 g/mol. The number of hydrogen-bond acceptors (Lipinski definition) is 4. The number of hydrogen-bond donors (Lipinski definition) is 3. The molecule has 0 aromatic rings. The van der Waals surface area contributed by atoms with E-state index < -0.39 is 17.6 Å². The van der Waals surface area contributed by atoms with Gasteiger partial charge in [-0.3, -0.25) is 14.4 Å². The van der Waals surface area contributed by atoms with Gasteiger partial charge in [0.15, 0.2) is 5.78 Å². The topological polar surface area (TPSA) is 75.3 Å². The lowest BCUT2D eigenvalue weighted by Crippen LogP contribution is -2.44. The van der Waals surface area contributed by atoms with Crippen molar-refractivity contribution in [3.8, 4) is 0 Å². The summed E-state index contributed by atoms with van der Waals surface area (Å²) in [4.78, 5) is 33.6. The Bertz CT molecular complexity index is 275. The minimum absolute atomic E-state index is 0.00589. The molecule has 0 saturated heterocycles. The van der Waals surface area contributed by atoms with E-state index in [9.17, 15) is 14.4 Å². The molecule has 0 aliphatic heterocycles. The van der Waals surface area contributed by atoms with Gasteiger partial charge in [-0.25, -0.2) is 0 Å². The van der Waals surface area contributed by atoms with Gasteiger partial charge in [0.05, 0.1) is 11.7 Å². The zero-order valence-electron chi connectivity index (χ0n) is 8.19. The highest BCUT2D eigenvalue weighted by Crippen LogP contribution is 2.03. The summed E-state index contributed by atoms with van der Waals surface area (Å²) in [6.07, 6.45) is 0. The molecule has 0 heterocycles. The van der Waals surface area contributed by atoms with Gasteiger partial charge in [-0.05, 0) is 16.3 Å². The zero-order valence-corrected chi connectivity index (χ0v) is 11.4. The van der Waals surface area contributed by atoms with Crippen LogP contribution in [0.1, 0.15) is 6.92 Å². The summed E-state index contributed by atoms with van der Waals surface area (Å²) >= 11 is 3.78. The largest absolute Gasteiger partial charge is 0.341 e. The third kappa shape index (κ3) is 4.92. The van der Waals surface area contributed by atoms with Gasteiger partial charge in [0.25, 0.3) is 0 Å². The fourth-order valence-electron chi connectivity index (χ4n) is 0.717. The smallest absolute Gasteiger partial charge is 0.249 e. The van der Waals surface area contributed by atoms with Crippen molar-refractivity contribution in [2.24, 2.45) is 5.92 Å². The van der Waals surface area contributed by atoms with E-state index in [0.717, 1.165) is 0 Å². The maximum Gasteiger partial charge on any atom is 0.249 e. The lowest BCUT2D eigenvalue weighted by Gasteiger charge is -2.14. The lowest BCUT2D eigenvalue weighted by atomic mass is 10.1. The van der Waals surface area contributed by atoms with Crippen molar-refractivity contribution in [1.29, 1.82) is 0 Å². The maximum atomic E-state index is 11.4. The number of ketones is 1. The van der Waals surface area contributed by atoms with Crippen LogP contribution in [0.15, 0.2) is 0 Å². The quantitative estimate of drug-likeness (QED) is 0.352. The molecule has 0 rings (SSSR count). The first kappa shape index (κ1) is 14.8. The molecule has 0 saturated carbocycles. The Morgan fingerprint density at radius 3 is 2.27 bits per heavy atom. The van der Waals surface area contributed by atoms with Gasteiger partial charge >= 0.3 is 0 Å². The molecule has 86 valence electrons. The van der Waals surface area contributed by atoms with E-state index in [1.165, 1.54) is 6.92 Å². The fraction of sp³-hybridized carbons (Fsp3) is 0.571. The van der Waals surface area contributed by atoms with Crippen LogP contribution in [0.4, 0.5) is 0 Å². The molecular weight excluding hydrogens is 254 g/mol. The van der Waals surface area contributed by atoms with Crippen LogP contribution in [0, 0.1) is 5.92 Å². The average Bonchev–Trinajstić information content (AvgIpc) is 2.25. The number of Topliss-reactive ketones (excluding diaryl/α,β-unsaturated/α-hetero) is 1. The van der Waals surface area contributed by atoms with Crippen molar-refractivity contribution in [3.63, 3.8) is 0 Å². The molecule has 0 aliphatic carbocycles. The lowest BCUT2D eigenvalue weighted by molar-refractivity contribution is -0.133. The SMILES string of the molecule is CC(C(=O)CS)C(=O)N[C@H](P)C(=O)NP. The first-order valence-electron chi connectivity index (χ1n) is 4.14. The fourth-order valence-corrected chi connectivity index (χ4v) is 1.62. The van der Waals surface area contributed by atoms with E-state index in [-0.39, 0.29) is 17.4 Å². The number of amides is 2. The molecule has 2 amide bonds. The summed E-state index contributed by atoms with van der Waals surface area (Å²) < 4.78 is 0. The highest BCUT2D eigenvalue weighted by atomic mass is 32.1. The number of rotatable bonds is 5. The summed E-state index contributed by atoms with van der Waals surface area (Å²) in [7, 11) is 4.20. The Morgan fingerprint density at radius 1 is 1.33 bits per heavy atom. The molecule has 0 spiro atoms. The summed E-state index contributed by atoms with van der Waals surface area (Å²) in [6.45, 7) is 1.48. The van der Waals surface area contributed by atoms with E-state index in [1.54, 1.807) is 0 Å². The molecule has 0 aromatic heterocycles. The molecule has 0 bridgehead atoms. The molecule has 0 aromatic carbocycles. The molecule has 5 nitrogen and oxygen atoms in total. The van der Waals surface area contributed by atoms with Crippen molar-refractivity contribution in [1.82, 2.24) is 10.4 Å². The molecule has 0 radical (unpaired) electrons. The van der Waals surface area contributed by atoms with Gasteiger partial charge in [-0.2, -0.15) is 12.6 Å². The Kier molecular flexibility index (Phi) is 7.07. The molecule has 4 atom stereocenters. The van der Waals surface area contributed by atoms with Crippen LogP contribution in [-0.4, -0.2) is 29.1 Å². The molecule has 8 heteroatoms. The summed E-state index contributed by atoms with van der Waals surface area (Å²) in [5.41, 5.74) is 0. The molecule has 0 fully saturated rings. The number of carbonyl (C=O) groups excluding carboxylic acids is 3. The first-order chi connectivity index (χ1) is 6.93. The highest BCUT2D eigenvalue weighted by Gasteiger charge is 2.23. The Morgan fingerprint density at radius 2 is 1.87 bits per heavy atom. The molecule has 0 aliphatic rings. The van der Waals surface area contributed by atoms with Crippen LogP contribution in [0.25, 0.3) is 0 Å². The van der Waals surface area contributed by atoms with E-state index in [2.05, 4.69) is 32.3 Å². The van der Waals surface area contributed by atoms with E-state index in [1.807, 2.05) is 9.39 Å². The second-order valence-corrected chi connectivity index (χ2v) is 4.11. The normalized spacial score (nSPS) is 13.9. The molecule has 2 N–H and O–H groups in total. The number of nitrogens with one attached hydrogen (secondary N) is 2. The Labute approximate surface area is 98.4 Å². The maximum absolute atomic E-state index is 11.4. The van der Waals surface area contributed by atoms with Gasteiger partial charge in [0.2, 0.25) is 11.8 Å². The number of carbonyl (C=O) groups is 3.